The van der Waals surface area contributed by atoms with E-state index in [1.54, 1.807) is 62.6 Å². The lowest BCUT2D eigenvalue weighted by atomic mass is 10.2. The average Bonchev–Trinajstić information content (AvgIpc) is 3.26. The van der Waals surface area contributed by atoms with Crippen LogP contribution < -0.4 is 20.7 Å². The van der Waals surface area contributed by atoms with Crippen molar-refractivity contribution in [3.8, 4) is 5.75 Å². The Bertz CT molecular complexity index is 1100. The fourth-order valence-corrected chi connectivity index (χ4v) is 4.03. The van der Waals surface area contributed by atoms with Crippen LogP contribution in [-0.2, 0) is 9.53 Å². The smallest absolute Gasteiger partial charge is 0.338 e. The van der Waals surface area contributed by atoms with Gasteiger partial charge in [-0.3, -0.25) is 10.1 Å². The van der Waals surface area contributed by atoms with Crippen LogP contribution in [-0.4, -0.2) is 47.6 Å². The van der Waals surface area contributed by atoms with Crippen molar-refractivity contribution in [3.05, 3.63) is 54.1 Å². The molecule has 0 aliphatic heterocycles. The summed E-state index contributed by atoms with van der Waals surface area (Å²) in [5.74, 6) is 0.131. The largest absolute Gasteiger partial charge is 0.497 e. The molecular weight excluding hydrogens is 466 g/mol. The van der Waals surface area contributed by atoms with E-state index in [-0.39, 0.29) is 11.7 Å². The monoisotopic (exact) mass is 487 g/mol. The molecular formula is C21H21N5O5S2. The van der Waals surface area contributed by atoms with Crippen molar-refractivity contribution in [3.63, 3.8) is 0 Å². The molecule has 10 nitrogen and oxygen atoms in total. The molecule has 3 amide bonds. The molecule has 12 heteroatoms. The van der Waals surface area contributed by atoms with E-state index in [9.17, 15) is 14.4 Å². The first-order chi connectivity index (χ1) is 16.0. The van der Waals surface area contributed by atoms with E-state index in [0.717, 1.165) is 11.3 Å². The second kappa shape index (κ2) is 11.8. The molecule has 172 valence electrons. The fraction of sp³-hybridized carbons (Fsp3) is 0.190. The van der Waals surface area contributed by atoms with E-state index >= 15 is 0 Å². The minimum Gasteiger partial charge on any atom is -0.497 e. The Hall–Kier alpha value is -3.64. The normalized spacial score (nSPS) is 10.2. The van der Waals surface area contributed by atoms with Gasteiger partial charge in [0, 0.05) is 11.4 Å². The van der Waals surface area contributed by atoms with E-state index in [4.69, 9.17) is 9.47 Å². The average molecular weight is 488 g/mol. The van der Waals surface area contributed by atoms with Gasteiger partial charge < -0.3 is 20.1 Å². The number of nitrogens with one attached hydrogen (secondary N) is 3. The predicted molar refractivity (Wildman–Crippen MR) is 127 cm³/mol. The maximum absolute atomic E-state index is 12.2. The Kier molecular flexibility index (Phi) is 8.61. The summed E-state index contributed by atoms with van der Waals surface area (Å²) in [6.07, 6.45) is 0. The van der Waals surface area contributed by atoms with E-state index in [2.05, 4.69) is 26.1 Å². The van der Waals surface area contributed by atoms with Gasteiger partial charge in [0.25, 0.3) is 0 Å². The van der Waals surface area contributed by atoms with Crippen molar-refractivity contribution in [2.24, 2.45) is 0 Å². The van der Waals surface area contributed by atoms with E-state index in [0.29, 0.717) is 38.8 Å². The van der Waals surface area contributed by atoms with Crippen LogP contribution in [0.3, 0.4) is 0 Å². The summed E-state index contributed by atoms with van der Waals surface area (Å²) in [5.41, 5.74) is 1.57. The number of hydrogen-bond donors (Lipinski definition) is 3. The quantitative estimate of drug-likeness (QED) is 0.234. The fourth-order valence-electron chi connectivity index (χ4n) is 2.48. The minimum absolute atomic E-state index is 0.103. The number of rotatable bonds is 9. The number of aromatic nitrogens is 2. The van der Waals surface area contributed by atoms with Crippen LogP contribution in [0.2, 0.25) is 0 Å². The summed E-state index contributed by atoms with van der Waals surface area (Å²) in [7, 11) is 1.56. The van der Waals surface area contributed by atoms with Gasteiger partial charge in [-0.1, -0.05) is 23.1 Å². The molecule has 0 radical (unpaired) electrons. The van der Waals surface area contributed by atoms with Gasteiger partial charge in [0.1, 0.15) is 5.75 Å². The van der Waals surface area contributed by atoms with Crippen molar-refractivity contribution in [2.75, 3.05) is 35.4 Å². The zero-order valence-electron chi connectivity index (χ0n) is 17.8. The Morgan fingerprint density at radius 2 is 1.61 bits per heavy atom. The van der Waals surface area contributed by atoms with Gasteiger partial charge in [-0.2, -0.15) is 0 Å². The summed E-state index contributed by atoms with van der Waals surface area (Å²) >= 11 is 2.34. The highest BCUT2D eigenvalue weighted by Crippen LogP contribution is 2.26. The molecule has 3 N–H and O–H groups in total. The third-order valence-electron chi connectivity index (χ3n) is 3.98. The van der Waals surface area contributed by atoms with Gasteiger partial charge in [-0.05, 0) is 55.5 Å². The van der Waals surface area contributed by atoms with Crippen LogP contribution in [0.4, 0.5) is 21.3 Å². The Morgan fingerprint density at radius 3 is 2.27 bits per heavy atom. The number of nitrogens with zero attached hydrogens (tertiary/aromatic N) is 2. The summed E-state index contributed by atoms with van der Waals surface area (Å²) in [6.45, 7) is 2.03. The number of amides is 3. The van der Waals surface area contributed by atoms with Gasteiger partial charge in [0.15, 0.2) is 4.34 Å². The second-order valence-electron chi connectivity index (χ2n) is 6.32. The predicted octanol–water partition coefficient (Wildman–Crippen LogP) is 4.10. The SMILES string of the molecule is CCOC(=O)c1ccc(NC(=O)CSc2nnc(NC(=O)Nc3ccc(OC)cc3)s2)cc1. The highest BCUT2D eigenvalue weighted by atomic mass is 32.2. The van der Waals surface area contributed by atoms with Crippen LogP contribution in [0.25, 0.3) is 0 Å². The van der Waals surface area contributed by atoms with Gasteiger partial charge >= 0.3 is 12.0 Å². The van der Waals surface area contributed by atoms with Crippen molar-refractivity contribution in [1.29, 1.82) is 0 Å². The number of anilines is 3. The maximum Gasteiger partial charge on any atom is 0.338 e. The molecule has 0 saturated carbocycles. The maximum atomic E-state index is 12.2. The van der Waals surface area contributed by atoms with Gasteiger partial charge in [-0.25, -0.2) is 9.59 Å². The van der Waals surface area contributed by atoms with E-state index in [1.165, 1.54) is 11.8 Å². The standard InChI is InChI=1S/C21H21N5O5S2/c1-3-31-18(28)13-4-6-14(7-5-13)22-17(27)12-32-21-26-25-20(33-21)24-19(29)23-15-8-10-16(30-2)11-9-15/h4-11H,3,12H2,1-2H3,(H,22,27)(H2,23,24,25,29). The summed E-state index contributed by atoms with van der Waals surface area (Å²) in [6, 6.07) is 12.8. The van der Waals surface area contributed by atoms with Crippen LogP contribution in [0.5, 0.6) is 5.75 Å². The topological polar surface area (TPSA) is 132 Å². The van der Waals surface area contributed by atoms with Crippen molar-refractivity contribution in [2.45, 2.75) is 11.3 Å². The van der Waals surface area contributed by atoms with Crippen LogP contribution in [0.1, 0.15) is 17.3 Å². The lowest BCUT2D eigenvalue weighted by Gasteiger charge is -2.06. The molecule has 0 bridgehead atoms. The molecule has 3 rings (SSSR count). The van der Waals surface area contributed by atoms with Gasteiger partial charge in [0.2, 0.25) is 11.0 Å². The molecule has 0 atom stereocenters. The molecule has 0 aliphatic rings. The summed E-state index contributed by atoms with van der Waals surface area (Å²) < 4.78 is 10.5. The molecule has 33 heavy (non-hydrogen) atoms. The minimum atomic E-state index is -0.461. The number of methoxy groups -OCH3 is 1. The van der Waals surface area contributed by atoms with Crippen LogP contribution >= 0.6 is 23.1 Å². The van der Waals surface area contributed by atoms with E-state index in [1.807, 2.05) is 0 Å². The molecule has 2 aromatic carbocycles. The molecule has 0 saturated heterocycles. The van der Waals surface area contributed by atoms with Crippen molar-refractivity contribution < 1.29 is 23.9 Å². The summed E-state index contributed by atoms with van der Waals surface area (Å²) in [5, 5.41) is 16.2. The van der Waals surface area contributed by atoms with Crippen LogP contribution in [0, 0.1) is 0 Å². The van der Waals surface area contributed by atoms with E-state index < -0.39 is 12.0 Å². The number of thioether (sulfide) groups is 1. The van der Waals surface area contributed by atoms with Crippen molar-refractivity contribution >= 4 is 57.5 Å². The third-order valence-corrected chi connectivity index (χ3v) is 5.95. The van der Waals surface area contributed by atoms with Gasteiger partial charge in [0.05, 0.1) is 25.0 Å². The third kappa shape index (κ3) is 7.47. The summed E-state index contributed by atoms with van der Waals surface area (Å²) in [4.78, 5) is 35.9. The number of ether oxygens (including phenoxy) is 2. The number of carbonyl (C=O) groups excluding carboxylic acids is 3. The Morgan fingerprint density at radius 1 is 0.939 bits per heavy atom. The van der Waals surface area contributed by atoms with Crippen molar-refractivity contribution in [1.82, 2.24) is 10.2 Å². The number of esters is 1. The molecule has 0 aliphatic carbocycles. The molecule has 0 unspecified atom stereocenters. The zero-order valence-corrected chi connectivity index (χ0v) is 19.4. The first-order valence-corrected chi connectivity index (χ1v) is 11.5. The zero-order chi connectivity index (χ0) is 23.6. The molecule has 0 fully saturated rings. The number of hydrogen-bond acceptors (Lipinski definition) is 9. The lowest BCUT2D eigenvalue weighted by molar-refractivity contribution is -0.113. The lowest BCUT2D eigenvalue weighted by Crippen LogP contribution is -2.19. The molecule has 1 aromatic heterocycles. The number of carbonyl (C=O) groups is 3. The van der Waals surface area contributed by atoms with Crippen LogP contribution in [0.15, 0.2) is 52.9 Å². The molecule has 1 heterocycles. The first-order valence-electron chi connectivity index (χ1n) is 9.72. The van der Waals surface area contributed by atoms with Gasteiger partial charge in [-0.15, -0.1) is 10.2 Å². The highest BCUT2D eigenvalue weighted by molar-refractivity contribution is 8.01. The Balaban J connectivity index is 1.43. The molecule has 3 aromatic rings. The number of urea groups is 1. The first kappa shape index (κ1) is 24.0. The highest BCUT2D eigenvalue weighted by Gasteiger charge is 2.12. The second-order valence-corrected chi connectivity index (χ2v) is 8.52. The molecule has 0 spiro atoms. The Labute approximate surface area is 198 Å². The number of benzene rings is 2.